The highest BCUT2D eigenvalue weighted by atomic mass is 79.9. The Hall–Kier alpha value is -1.68. The van der Waals surface area contributed by atoms with Crippen LogP contribution in [0, 0.1) is 12.7 Å². The Kier molecular flexibility index (Phi) is 4.90. The molecule has 20 heavy (non-hydrogen) atoms. The largest absolute Gasteiger partial charge is 0.352 e. The van der Waals surface area contributed by atoms with Gasteiger partial charge in [0.25, 0.3) is 5.91 Å². The molecule has 1 N–H and O–H groups in total. The van der Waals surface area contributed by atoms with Gasteiger partial charge in [0.1, 0.15) is 5.82 Å². The van der Waals surface area contributed by atoms with Gasteiger partial charge < -0.3 is 5.32 Å². The van der Waals surface area contributed by atoms with E-state index in [1.807, 2.05) is 19.1 Å². The van der Waals surface area contributed by atoms with Crippen molar-refractivity contribution in [2.45, 2.75) is 13.3 Å². The number of amides is 1. The minimum absolute atomic E-state index is 0.123. The van der Waals surface area contributed by atoms with Crippen LogP contribution in [-0.4, -0.2) is 12.5 Å². The molecule has 0 saturated heterocycles. The van der Waals surface area contributed by atoms with Gasteiger partial charge in [-0.05, 0) is 48.7 Å². The van der Waals surface area contributed by atoms with E-state index >= 15 is 0 Å². The van der Waals surface area contributed by atoms with Crippen molar-refractivity contribution in [2.75, 3.05) is 6.54 Å². The molecule has 0 heterocycles. The summed E-state index contributed by atoms with van der Waals surface area (Å²) in [6.45, 7) is 2.45. The molecular weight excluding hydrogens is 321 g/mol. The van der Waals surface area contributed by atoms with Crippen molar-refractivity contribution >= 4 is 21.8 Å². The lowest BCUT2D eigenvalue weighted by molar-refractivity contribution is 0.0954. The molecule has 104 valence electrons. The van der Waals surface area contributed by atoms with E-state index in [1.165, 1.54) is 12.1 Å². The Morgan fingerprint density at radius 3 is 2.75 bits per heavy atom. The van der Waals surface area contributed by atoms with Crippen LogP contribution in [0.3, 0.4) is 0 Å². The van der Waals surface area contributed by atoms with Crippen LogP contribution in [0.2, 0.25) is 0 Å². The predicted octanol–water partition coefficient (Wildman–Crippen LogP) is 3.87. The SMILES string of the molecule is Cc1ccc(C(=O)NCCc2cccc(F)c2)cc1Br. The van der Waals surface area contributed by atoms with E-state index in [-0.39, 0.29) is 11.7 Å². The molecular formula is C16H15BrFNO. The first kappa shape index (κ1) is 14.7. The maximum Gasteiger partial charge on any atom is 0.251 e. The fraction of sp³-hybridized carbons (Fsp3) is 0.188. The molecule has 0 spiro atoms. The van der Waals surface area contributed by atoms with E-state index in [2.05, 4.69) is 21.2 Å². The fourth-order valence-corrected chi connectivity index (χ4v) is 2.23. The van der Waals surface area contributed by atoms with Crippen molar-refractivity contribution in [1.82, 2.24) is 5.32 Å². The first-order valence-electron chi connectivity index (χ1n) is 6.35. The molecule has 0 saturated carbocycles. The molecule has 0 aliphatic heterocycles. The monoisotopic (exact) mass is 335 g/mol. The molecule has 2 aromatic rings. The first-order valence-corrected chi connectivity index (χ1v) is 7.14. The van der Waals surface area contributed by atoms with E-state index in [0.717, 1.165) is 15.6 Å². The number of aryl methyl sites for hydroxylation is 1. The van der Waals surface area contributed by atoms with Gasteiger partial charge in [0.2, 0.25) is 0 Å². The second-order valence-electron chi connectivity index (χ2n) is 4.60. The molecule has 0 atom stereocenters. The predicted molar refractivity (Wildman–Crippen MR) is 81.3 cm³/mol. The Bertz CT molecular complexity index is 628. The summed E-state index contributed by atoms with van der Waals surface area (Å²) in [6, 6.07) is 11.9. The quantitative estimate of drug-likeness (QED) is 0.902. The molecule has 0 bridgehead atoms. The van der Waals surface area contributed by atoms with Gasteiger partial charge in [-0.15, -0.1) is 0 Å². The normalized spacial score (nSPS) is 10.3. The van der Waals surface area contributed by atoms with Crippen LogP contribution < -0.4 is 5.32 Å². The molecule has 1 amide bonds. The molecule has 0 unspecified atom stereocenters. The minimum atomic E-state index is -0.253. The third-order valence-corrected chi connectivity index (χ3v) is 3.88. The average molecular weight is 336 g/mol. The standard InChI is InChI=1S/C16H15BrFNO/c1-11-5-6-13(10-15(11)17)16(20)19-8-7-12-3-2-4-14(18)9-12/h2-6,9-10H,7-8H2,1H3,(H,19,20). The zero-order valence-corrected chi connectivity index (χ0v) is 12.7. The van der Waals surface area contributed by atoms with Crippen LogP contribution in [0.25, 0.3) is 0 Å². The van der Waals surface area contributed by atoms with Crippen molar-refractivity contribution in [3.05, 3.63) is 69.4 Å². The number of hydrogen-bond acceptors (Lipinski definition) is 1. The zero-order valence-electron chi connectivity index (χ0n) is 11.1. The van der Waals surface area contributed by atoms with Crippen LogP contribution in [0.4, 0.5) is 4.39 Å². The molecule has 0 fully saturated rings. The molecule has 2 rings (SSSR count). The van der Waals surface area contributed by atoms with Crippen molar-refractivity contribution < 1.29 is 9.18 Å². The van der Waals surface area contributed by atoms with Gasteiger partial charge in [-0.1, -0.05) is 34.1 Å². The van der Waals surface area contributed by atoms with Crippen LogP contribution in [0.15, 0.2) is 46.9 Å². The van der Waals surface area contributed by atoms with Gasteiger partial charge >= 0.3 is 0 Å². The van der Waals surface area contributed by atoms with Gasteiger partial charge in [-0.25, -0.2) is 4.39 Å². The fourth-order valence-electron chi connectivity index (χ4n) is 1.85. The summed E-state index contributed by atoms with van der Waals surface area (Å²) in [7, 11) is 0. The number of halogens is 2. The maximum atomic E-state index is 13.0. The zero-order chi connectivity index (χ0) is 14.5. The molecule has 0 radical (unpaired) electrons. The molecule has 2 nitrogen and oxygen atoms in total. The summed E-state index contributed by atoms with van der Waals surface area (Å²) in [4.78, 5) is 12.0. The van der Waals surface area contributed by atoms with Crippen molar-refractivity contribution in [3.8, 4) is 0 Å². The van der Waals surface area contributed by atoms with Crippen molar-refractivity contribution in [2.24, 2.45) is 0 Å². The number of nitrogens with one attached hydrogen (secondary N) is 1. The second-order valence-corrected chi connectivity index (χ2v) is 5.45. The molecule has 0 aliphatic carbocycles. The summed E-state index contributed by atoms with van der Waals surface area (Å²) in [6.07, 6.45) is 0.608. The number of carbonyl (C=O) groups excluding carboxylic acids is 1. The molecule has 0 aliphatic rings. The molecule has 2 aromatic carbocycles. The summed E-state index contributed by atoms with van der Waals surface area (Å²) in [5.41, 5.74) is 2.57. The average Bonchev–Trinajstić information content (AvgIpc) is 2.42. The number of carbonyl (C=O) groups is 1. The van der Waals surface area contributed by atoms with Gasteiger partial charge in [-0.3, -0.25) is 4.79 Å². The highest BCUT2D eigenvalue weighted by molar-refractivity contribution is 9.10. The van der Waals surface area contributed by atoms with Crippen molar-refractivity contribution in [3.63, 3.8) is 0 Å². The minimum Gasteiger partial charge on any atom is -0.352 e. The Morgan fingerprint density at radius 2 is 2.05 bits per heavy atom. The van der Waals surface area contributed by atoms with Crippen LogP contribution in [0.1, 0.15) is 21.5 Å². The third-order valence-electron chi connectivity index (χ3n) is 3.02. The first-order chi connectivity index (χ1) is 9.56. The van der Waals surface area contributed by atoms with Gasteiger partial charge in [0.05, 0.1) is 0 Å². The topological polar surface area (TPSA) is 29.1 Å². The Balaban J connectivity index is 1.90. The molecule has 4 heteroatoms. The second kappa shape index (κ2) is 6.66. The summed E-state index contributed by atoms with van der Waals surface area (Å²) in [5.74, 6) is -0.376. The number of hydrogen-bond donors (Lipinski definition) is 1. The number of benzene rings is 2. The summed E-state index contributed by atoms with van der Waals surface area (Å²) < 4.78 is 13.9. The lowest BCUT2D eigenvalue weighted by Gasteiger charge is -2.07. The van der Waals surface area contributed by atoms with E-state index in [1.54, 1.807) is 18.2 Å². The Labute approximate surface area is 126 Å². The van der Waals surface area contributed by atoms with Crippen molar-refractivity contribution in [1.29, 1.82) is 0 Å². The maximum absolute atomic E-state index is 13.0. The van der Waals surface area contributed by atoms with Crippen LogP contribution >= 0.6 is 15.9 Å². The van der Waals surface area contributed by atoms with Gasteiger partial charge in [0, 0.05) is 16.6 Å². The lowest BCUT2D eigenvalue weighted by atomic mass is 10.1. The lowest BCUT2D eigenvalue weighted by Crippen LogP contribution is -2.25. The third kappa shape index (κ3) is 3.90. The highest BCUT2D eigenvalue weighted by Crippen LogP contribution is 2.17. The van der Waals surface area contributed by atoms with Crippen LogP contribution in [-0.2, 0) is 6.42 Å². The highest BCUT2D eigenvalue weighted by Gasteiger charge is 2.06. The van der Waals surface area contributed by atoms with Gasteiger partial charge in [0.15, 0.2) is 0 Å². The smallest absolute Gasteiger partial charge is 0.251 e. The summed E-state index contributed by atoms with van der Waals surface area (Å²) >= 11 is 3.41. The van der Waals surface area contributed by atoms with E-state index < -0.39 is 0 Å². The van der Waals surface area contributed by atoms with E-state index in [9.17, 15) is 9.18 Å². The van der Waals surface area contributed by atoms with Gasteiger partial charge in [-0.2, -0.15) is 0 Å². The van der Waals surface area contributed by atoms with E-state index in [4.69, 9.17) is 0 Å². The summed E-state index contributed by atoms with van der Waals surface area (Å²) in [5, 5.41) is 2.83. The van der Waals surface area contributed by atoms with E-state index in [0.29, 0.717) is 18.5 Å². The Morgan fingerprint density at radius 1 is 1.25 bits per heavy atom. The number of rotatable bonds is 4. The van der Waals surface area contributed by atoms with Crippen LogP contribution in [0.5, 0.6) is 0 Å². The molecule has 0 aromatic heterocycles.